The summed E-state index contributed by atoms with van der Waals surface area (Å²) in [5.74, 6) is 0.294. The number of carbonyl (C=O) groups excluding carboxylic acids is 2. The van der Waals surface area contributed by atoms with E-state index < -0.39 is 0 Å². The van der Waals surface area contributed by atoms with Crippen LogP contribution < -0.4 is 16.2 Å². The highest BCUT2D eigenvalue weighted by molar-refractivity contribution is 7.99. The molecule has 0 aliphatic carbocycles. The standard InChI is InChI=1S/C19H22N4O3S/c1-3-5-13-9-18(26)23-16(11-27-19(23)22-13)10-17(25)21-15-7-4-6-14(8-15)20-12(2)24/h4,6-9,16H,3,5,10-11H2,1-2H3,(H,20,24)(H,21,25). The first-order valence-electron chi connectivity index (χ1n) is 8.89. The van der Waals surface area contributed by atoms with Crippen LogP contribution in [0.5, 0.6) is 0 Å². The van der Waals surface area contributed by atoms with Crippen LogP contribution in [-0.4, -0.2) is 27.1 Å². The second kappa shape index (κ2) is 8.39. The first-order valence-corrected chi connectivity index (χ1v) is 9.87. The van der Waals surface area contributed by atoms with Gasteiger partial charge >= 0.3 is 0 Å². The maximum absolute atomic E-state index is 12.4. The highest BCUT2D eigenvalue weighted by atomic mass is 32.2. The summed E-state index contributed by atoms with van der Waals surface area (Å²) in [6.07, 6.45) is 1.91. The normalized spacial score (nSPS) is 15.3. The molecule has 0 bridgehead atoms. The molecular weight excluding hydrogens is 364 g/mol. The zero-order chi connectivity index (χ0) is 19.4. The molecule has 1 aromatic carbocycles. The van der Waals surface area contributed by atoms with E-state index in [9.17, 15) is 14.4 Å². The Hall–Kier alpha value is -2.61. The van der Waals surface area contributed by atoms with Gasteiger partial charge in [0.05, 0.1) is 6.04 Å². The third kappa shape index (κ3) is 4.77. The van der Waals surface area contributed by atoms with Gasteiger partial charge in [0, 0.05) is 42.2 Å². The summed E-state index contributed by atoms with van der Waals surface area (Å²) in [6, 6.07) is 8.32. The number of hydrogen-bond acceptors (Lipinski definition) is 5. The number of hydrogen-bond donors (Lipinski definition) is 2. The van der Waals surface area contributed by atoms with Crippen molar-refractivity contribution >= 4 is 35.0 Å². The molecule has 0 saturated heterocycles. The predicted octanol–water partition coefficient (Wildman–Crippen LogP) is 2.83. The lowest BCUT2D eigenvalue weighted by molar-refractivity contribution is -0.117. The van der Waals surface area contributed by atoms with Gasteiger partial charge in [0.15, 0.2) is 5.16 Å². The van der Waals surface area contributed by atoms with Crippen LogP contribution in [0.2, 0.25) is 0 Å². The molecular formula is C19H22N4O3S. The van der Waals surface area contributed by atoms with Crippen LogP contribution in [0.1, 0.15) is 38.4 Å². The maximum Gasteiger partial charge on any atom is 0.254 e. The van der Waals surface area contributed by atoms with E-state index in [2.05, 4.69) is 15.6 Å². The van der Waals surface area contributed by atoms with Crippen LogP contribution >= 0.6 is 11.8 Å². The SMILES string of the molecule is CCCc1cc(=O)n2c(n1)SCC2CC(=O)Nc1cccc(NC(C)=O)c1. The number of carbonyl (C=O) groups is 2. The monoisotopic (exact) mass is 386 g/mol. The lowest BCUT2D eigenvalue weighted by Crippen LogP contribution is -2.27. The van der Waals surface area contributed by atoms with E-state index in [1.165, 1.54) is 18.7 Å². The van der Waals surface area contributed by atoms with Crippen molar-refractivity contribution in [1.82, 2.24) is 9.55 Å². The van der Waals surface area contributed by atoms with Gasteiger partial charge in [-0.2, -0.15) is 0 Å². The Balaban J connectivity index is 1.68. The fourth-order valence-electron chi connectivity index (χ4n) is 3.04. The van der Waals surface area contributed by atoms with Crippen LogP contribution in [0, 0.1) is 0 Å². The molecule has 8 heteroatoms. The predicted molar refractivity (Wildman–Crippen MR) is 106 cm³/mol. The van der Waals surface area contributed by atoms with E-state index in [1.807, 2.05) is 6.92 Å². The topological polar surface area (TPSA) is 93.1 Å². The van der Waals surface area contributed by atoms with Gasteiger partial charge in [-0.15, -0.1) is 0 Å². The zero-order valence-electron chi connectivity index (χ0n) is 15.3. The second-order valence-corrected chi connectivity index (χ2v) is 7.45. The lowest BCUT2D eigenvalue weighted by atomic mass is 10.2. The van der Waals surface area contributed by atoms with Crippen molar-refractivity contribution in [3.63, 3.8) is 0 Å². The molecule has 2 aromatic rings. The third-order valence-corrected chi connectivity index (χ3v) is 5.23. The molecule has 1 unspecified atom stereocenters. The van der Waals surface area contributed by atoms with E-state index in [0.717, 1.165) is 18.5 Å². The maximum atomic E-state index is 12.4. The number of benzene rings is 1. The van der Waals surface area contributed by atoms with Gasteiger partial charge in [-0.1, -0.05) is 31.2 Å². The number of nitrogens with zero attached hydrogens (tertiary/aromatic N) is 2. The van der Waals surface area contributed by atoms with Crippen molar-refractivity contribution in [2.45, 2.75) is 44.3 Å². The molecule has 0 radical (unpaired) electrons. The Kier molecular flexibility index (Phi) is 5.95. The van der Waals surface area contributed by atoms with Crippen molar-refractivity contribution in [2.24, 2.45) is 0 Å². The van der Waals surface area contributed by atoms with Crippen LogP contribution in [0.15, 0.2) is 40.3 Å². The van der Waals surface area contributed by atoms with Gasteiger partial charge in [0.1, 0.15) is 0 Å². The van der Waals surface area contributed by atoms with Crippen molar-refractivity contribution in [2.75, 3.05) is 16.4 Å². The lowest BCUT2D eigenvalue weighted by Gasteiger charge is -2.14. The zero-order valence-corrected chi connectivity index (χ0v) is 16.1. The summed E-state index contributed by atoms with van der Waals surface area (Å²) >= 11 is 1.51. The molecule has 2 heterocycles. The molecule has 0 saturated carbocycles. The molecule has 2 amide bonds. The fourth-order valence-corrected chi connectivity index (χ4v) is 4.21. The molecule has 1 atom stereocenters. The van der Waals surface area contributed by atoms with Crippen LogP contribution in [0.3, 0.4) is 0 Å². The molecule has 2 N–H and O–H groups in total. The first-order chi connectivity index (χ1) is 13.0. The minimum atomic E-state index is -0.209. The van der Waals surface area contributed by atoms with Gasteiger partial charge in [0.25, 0.3) is 5.56 Å². The van der Waals surface area contributed by atoms with Gasteiger partial charge in [-0.25, -0.2) is 4.98 Å². The molecule has 0 spiro atoms. The van der Waals surface area contributed by atoms with E-state index in [0.29, 0.717) is 22.3 Å². The Morgan fingerprint density at radius 3 is 2.70 bits per heavy atom. The minimum absolute atomic E-state index is 0.0982. The number of rotatable bonds is 6. The summed E-state index contributed by atoms with van der Waals surface area (Å²) in [7, 11) is 0. The summed E-state index contributed by atoms with van der Waals surface area (Å²) in [4.78, 5) is 40.6. The Bertz CT molecular complexity index is 925. The minimum Gasteiger partial charge on any atom is -0.326 e. The quantitative estimate of drug-likeness (QED) is 0.745. The summed E-state index contributed by atoms with van der Waals surface area (Å²) in [5, 5.41) is 6.20. The number of anilines is 2. The molecule has 1 aromatic heterocycles. The Labute approximate surface area is 161 Å². The number of aryl methyl sites for hydroxylation is 1. The molecule has 1 aliphatic heterocycles. The largest absolute Gasteiger partial charge is 0.326 e. The Morgan fingerprint density at radius 2 is 2.00 bits per heavy atom. The Morgan fingerprint density at radius 1 is 1.26 bits per heavy atom. The van der Waals surface area contributed by atoms with Crippen molar-refractivity contribution < 1.29 is 9.59 Å². The van der Waals surface area contributed by atoms with Crippen molar-refractivity contribution in [3.05, 3.63) is 46.4 Å². The van der Waals surface area contributed by atoms with Gasteiger partial charge in [-0.3, -0.25) is 19.0 Å². The summed E-state index contributed by atoms with van der Waals surface area (Å²) < 4.78 is 1.62. The molecule has 7 nitrogen and oxygen atoms in total. The molecule has 1 aliphatic rings. The molecule has 142 valence electrons. The van der Waals surface area contributed by atoms with E-state index in [4.69, 9.17) is 0 Å². The number of thioether (sulfide) groups is 1. The smallest absolute Gasteiger partial charge is 0.254 e. The number of nitrogens with one attached hydrogen (secondary N) is 2. The highest BCUT2D eigenvalue weighted by Gasteiger charge is 2.27. The average Bonchev–Trinajstić information content (AvgIpc) is 2.98. The number of fused-ring (bicyclic) bond motifs is 1. The molecule has 0 fully saturated rings. The van der Waals surface area contributed by atoms with Crippen LogP contribution in [-0.2, 0) is 16.0 Å². The first kappa shape index (κ1) is 19.2. The van der Waals surface area contributed by atoms with Crippen molar-refractivity contribution in [3.8, 4) is 0 Å². The summed E-state index contributed by atoms with van der Waals surface area (Å²) in [5.41, 5.74) is 1.92. The number of aromatic nitrogens is 2. The van der Waals surface area contributed by atoms with Gasteiger partial charge < -0.3 is 10.6 Å². The second-order valence-electron chi connectivity index (χ2n) is 6.47. The summed E-state index contributed by atoms with van der Waals surface area (Å²) in [6.45, 7) is 3.48. The number of amides is 2. The van der Waals surface area contributed by atoms with E-state index >= 15 is 0 Å². The van der Waals surface area contributed by atoms with Crippen molar-refractivity contribution in [1.29, 1.82) is 0 Å². The fraction of sp³-hybridized carbons (Fsp3) is 0.368. The van der Waals surface area contributed by atoms with E-state index in [-0.39, 0.29) is 29.8 Å². The highest BCUT2D eigenvalue weighted by Crippen LogP contribution is 2.32. The average molecular weight is 386 g/mol. The van der Waals surface area contributed by atoms with Gasteiger partial charge in [0.2, 0.25) is 11.8 Å². The van der Waals surface area contributed by atoms with Gasteiger partial charge in [-0.05, 0) is 24.6 Å². The molecule has 3 rings (SSSR count). The molecule has 27 heavy (non-hydrogen) atoms. The van der Waals surface area contributed by atoms with Crippen LogP contribution in [0.25, 0.3) is 0 Å². The van der Waals surface area contributed by atoms with Crippen LogP contribution in [0.4, 0.5) is 11.4 Å². The third-order valence-electron chi connectivity index (χ3n) is 4.14. The van der Waals surface area contributed by atoms with E-state index in [1.54, 1.807) is 34.9 Å².